The molecule has 0 aromatic carbocycles. The first kappa shape index (κ1) is 10.5. The van der Waals surface area contributed by atoms with Crippen molar-refractivity contribution in [1.82, 2.24) is 15.1 Å². The third-order valence-electron chi connectivity index (χ3n) is 2.38. The van der Waals surface area contributed by atoms with E-state index in [0.717, 1.165) is 26.1 Å². The maximum Gasteiger partial charge on any atom is 0.239 e. The van der Waals surface area contributed by atoms with Gasteiger partial charge >= 0.3 is 0 Å². The Morgan fingerprint density at radius 3 is 2.77 bits per heavy atom. The van der Waals surface area contributed by atoms with Gasteiger partial charge in [-0.25, -0.2) is 0 Å². The number of likely N-dealkylation sites (N-methyl/N-ethyl adjacent to an activating group) is 2. The van der Waals surface area contributed by atoms with Gasteiger partial charge in [0.25, 0.3) is 0 Å². The van der Waals surface area contributed by atoms with E-state index < -0.39 is 0 Å². The highest BCUT2D eigenvalue weighted by Crippen LogP contribution is 2.07. The van der Waals surface area contributed by atoms with Gasteiger partial charge in [0.2, 0.25) is 5.91 Å². The highest BCUT2D eigenvalue weighted by molar-refractivity contribution is 5.83. The standard InChI is InChI=1S/C9H19N3O/c1-11(2)7-5-10-8-4-6-12(3)9(8)13/h8,10H,4-7H2,1-3H3. The maximum absolute atomic E-state index is 11.4. The van der Waals surface area contributed by atoms with E-state index in [9.17, 15) is 4.79 Å². The van der Waals surface area contributed by atoms with Crippen molar-refractivity contribution in [2.75, 3.05) is 40.8 Å². The van der Waals surface area contributed by atoms with Crippen molar-refractivity contribution in [2.24, 2.45) is 0 Å². The first-order chi connectivity index (χ1) is 6.11. The smallest absolute Gasteiger partial charge is 0.239 e. The monoisotopic (exact) mass is 185 g/mol. The van der Waals surface area contributed by atoms with Gasteiger partial charge in [-0.15, -0.1) is 0 Å². The summed E-state index contributed by atoms with van der Waals surface area (Å²) in [6.07, 6.45) is 0.947. The topological polar surface area (TPSA) is 35.6 Å². The van der Waals surface area contributed by atoms with Crippen molar-refractivity contribution in [2.45, 2.75) is 12.5 Å². The van der Waals surface area contributed by atoms with Crippen LogP contribution in [0.1, 0.15) is 6.42 Å². The van der Waals surface area contributed by atoms with E-state index in [0.29, 0.717) is 0 Å². The Labute approximate surface area is 79.9 Å². The molecule has 1 aliphatic heterocycles. The predicted octanol–water partition coefficient (Wildman–Crippen LogP) is -0.632. The fraction of sp³-hybridized carbons (Fsp3) is 0.889. The van der Waals surface area contributed by atoms with Crippen molar-refractivity contribution in [3.8, 4) is 0 Å². The van der Waals surface area contributed by atoms with Gasteiger partial charge in [0.15, 0.2) is 0 Å². The molecule has 0 aromatic rings. The molecule has 0 radical (unpaired) electrons. The molecule has 0 spiro atoms. The van der Waals surface area contributed by atoms with Crippen LogP contribution in [0.2, 0.25) is 0 Å². The van der Waals surface area contributed by atoms with E-state index in [-0.39, 0.29) is 11.9 Å². The van der Waals surface area contributed by atoms with Gasteiger partial charge in [-0.1, -0.05) is 0 Å². The number of nitrogens with zero attached hydrogens (tertiary/aromatic N) is 2. The number of carbonyl (C=O) groups is 1. The number of rotatable bonds is 4. The van der Waals surface area contributed by atoms with Crippen molar-refractivity contribution in [3.05, 3.63) is 0 Å². The van der Waals surface area contributed by atoms with E-state index in [1.54, 1.807) is 4.90 Å². The molecule has 4 nitrogen and oxygen atoms in total. The Balaban J connectivity index is 2.19. The van der Waals surface area contributed by atoms with Gasteiger partial charge in [-0.05, 0) is 20.5 Å². The number of nitrogens with one attached hydrogen (secondary N) is 1. The zero-order valence-electron chi connectivity index (χ0n) is 8.71. The molecule has 76 valence electrons. The lowest BCUT2D eigenvalue weighted by atomic mass is 10.2. The van der Waals surface area contributed by atoms with Crippen LogP contribution in [0, 0.1) is 0 Å². The van der Waals surface area contributed by atoms with Crippen LogP contribution in [-0.2, 0) is 4.79 Å². The maximum atomic E-state index is 11.4. The Hall–Kier alpha value is -0.610. The van der Waals surface area contributed by atoms with Gasteiger partial charge < -0.3 is 15.1 Å². The molecule has 1 atom stereocenters. The number of hydrogen-bond donors (Lipinski definition) is 1. The van der Waals surface area contributed by atoms with E-state index in [2.05, 4.69) is 10.2 Å². The zero-order chi connectivity index (χ0) is 9.84. The third kappa shape index (κ3) is 2.97. The third-order valence-corrected chi connectivity index (χ3v) is 2.38. The second kappa shape index (κ2) is 4.58. The van der Waals surface area contributed by atoms with Crippen LogP contribution in [0.25, 0.3) is 0 Å². The molecule has 0 bridgehead atoms. The van der Waals surface area contributed by atoms with Crippen LogP contribution in [0.5, 0.6) is 0 Å². The molecule has 1 unspecified atom stereocenters. The second-order valence-corrected chi connectivity index (χ2v) is 3.86. The molecule has 1 fully saturated rings. The number of hydrogen-bond acceptors (Lipinski definition) is 3. The van der Waals surface area contributed by atoms with Crippen LogP contribution in [0.15, 0.2) is 0 Å². The van der Waals surface area contributed by atoms with Crippen LogP contribution in [0.3, 0.4) is 0 Å². The minimum absolute atomic E-state index is 0.0601. The van der Waals surface area contributed by atoms with Crippen molar-refractivity contribution in [1.29, 1.82) is 0 Å². The fourth-order valence-electron chi connectivity index (χ4n) is 1.47. The van der Waals surface area contributed by atoms with Crippen molar-refractivity contribution >= 4 is 5.91 Å². The summed E-state index contributed by atoms with van der Waals surface area (Å²) in [6.45, 7) is 2.75. The number of carbonyl (C=O) groups excluding carboxylic acids is 1. The van der Waals surface area contributed by atoms with E-state index in [1.165, 1.54) is 0 Å². The lowest BCUT2D eigenvalue weighted by molar-refractivity contribution is -0.128. The molecule has 1 saturated heterocycles. The Bertz CT molecular complexity index is 182. The van der Waals surface area contributed by atoms with Crippen LogP contribution in [-0.4, -0.2) is 62.5 Å². The van der Waals surface area contributed by atoms with Gasteiger partial charge in [-0.2, -0.15) is 0 Å². The average Bonchev–Trinajstić information content (AvgIpc) is 2.35. The summed E-state index contributed by atoms with van der Waals surface area (Å²) in [7, 11) is 5.92. The van der Waals surface area contributed by atoms with Gasteiger partial charge in [0, 0.05) is 26.7 Å². The number of amides is 1. The van der Waals surface area contributed by atoms with Crippen molar-refractivity contribution < 1.29 is 4.79 Å². The summed E-state index contributed by atoms with van der Waals surface area (Å²) < 4.78 is 0. The molecule has 4 heteroatoms. The Morgan fingerprint density at radius 2 is 2.31 bits per heavy atom. The van der Waals surface area contributed by atoms with Crippen LogP contribution < -0.4 is 5.32 Å². The lowest BCUT2D eigenvalue weighted by Gasteiger charge is -2.14. The molecule has 1 heterocycles. The predicted molar refractivity (Wildman–Crippen MR) is 52.6 cm³/mol. The van der Waals surface area contributed by atoms with E-state index in [1.807, 2.05) is 21.1 Å². The Morgan fingerprint density at radius 1 is 1.62 bits per heavy atom. The minimum Gasteiger partial charge on any atom is -0.344 e. The summed E-state index contributed by atoms with van der Waals surface area (Å²) in [4.78, 5) is 15.3. The molecule has 1 amide bonds. The molecule has 13 heavy (non-hydrogen) atoms. The minimum atomic E-state index is 0.0601. The summed E-state index contributed by atoms with van der Waals surface area (Å²) in [5.74, 6) is 0.235. The normalized spacial score (nSPS) is 23.2. The molecule has 1 N–H and O–H groups in total. The van der Waals surface area contributed by atoms with E-state index >= 15 is 0 Å². The second-order valence-electron chi connectivity index (χ2n) is 3.86. The molecule has 0 aliphatic carbocycles. The summed E-state index contributed by atoms with van der Waals surface area (Å²) in [6, 6.07) is 0.0601. The Kier molecular flexibility index (Phi) is 3.69. The highest BCUT2D eigenvalue weighted by atomic mass is 16.2. The molecule has 0 aromatic heterocycles. The SMILES string of the molecule is CN(C)CCNC1CCN(C)C1=O. The highest BCUT2D eigenvalue weighted by Gasteiger charge is 2.27. The van der Waals surface area contributed by atoms with Crippen LogP contribution in [0.4, 0.5) is 0 Å². The summed E-state index contributed by atoms with van der Waals surface area (Å²) in [5, 5.41) is 3.26. The number of likely N-dealkylation sites (tertiary alicyclic amines) is 1. The van der Waals surface area contributed by atoms with Gasteiger partial charge in [-0.3, -0.25) is 4.79 Å². The van der Waals surface area contributed by atoms with Crippen molar-refractivity contribution in [3.63, 3.8) is 0 Å². The lowest BCUT2D eigenvalue weighted by Crippen LogP contribution is -2.40. The first-order valence-corrected chi connectivity index (χ1v) is 4.74. The summed E-state index contributed by atoms with van der Waals surface area (Å²) >= 11 is 0. The van der Waals surface area contributed by atoms with E-state index in [4.69, 9.17) is 0 Å². The van der Waals surface area contributed by atoms with Crippen LogP contribution >= 0.6 is 0 Å². The molecule has 1 aliphatic rings. The molecule has 1 rings (SSSR count). The summed E-state index contributed by atoms with van der Waals surface area (Å²) in [5.41, 5.74) is 0. The molecular formula is C9H19N3O. The fourth-order valence-corrected chi connectivity index (χ4v) is 1.47. The first-order valence-electron chi connectivity index (χ1n) is 4.74. The quantitative estimate of drug-likeness (QED) is 0.633. The average molecular weight is 185 g/mol. The largest absolute Gasteiger partial charge is 0.344 e. The van der Waals surface area contributed by atoms with Gasteiger partial charge in [0.1, 0.15) is 0 Å². The molecule has 0 saturated carbocycles. The molecular weight excluding hydrogens is 166 g/mol. The zero-order valence-corrected chi connectivity index (χ0v) is 8.71. The van der Waals surface area contributed by atoms with Gasteiger partial charge in [0.05, 0.1) is 6.04 Å².